The fraction of sp³-hybridized carbons (Fsp3) is 0.750. The van der Waals surface area contributed by atoms with E-state index >= 15 is 0 Å². The molecule has 5 fully saturated rings. The Kier molecular flexibility index (Phi) is 6.03. The van der Waals surface area contributed by atoms with Crippen LogP contribution in [-0.4, -0.2) is 74.2 Å². The van der Waals surface area contributed by atoms with E-state index in [-0.39, 0.29) is 46.7 Å². The van der Waals surface area contributed by atoms with Crippen LogP contribution < -0.4 is 17.0 Å². The number of carbonyl (C=O) groups excluding carboxylic acids is 2. The molecule has 12 heteroatoms. The molecule has 2 aliphatic heterocycles. The van der Waals surface area contributed by atoms with E-state index in [1.165, 1.54) is 14.0 Å². The lowest BCUT2D eigenvalue weighted by atomic mass is 9.51. The smallest absolute Gasteiger partial charge is 0.334 e. The SMILES string of the molecule is CN1C(=O)N(CC2COC2)C2(CC3(CCC(n4c(=O)c(C(=N)N)c(O)n(CC5CC(C)(C)C5)c4=O)CC3)C2)C1=O. The van der Waals surface area contributed by atoms with E-state index in [1.807, 2.05) is 0 Å². The number of hydrogen-bond donors (Lipinski definition) is 3. The second-order valence-corrected chi connectivity index (χ2v) is 13.9. The molecule has 0 atom stereocenters. The van der Waals surface area contributed by atoms with E-state index in [4.69, 9.17) is 15.9 Å². The second kappa shape index (κ2) is 8.92. The number of nitrogens with two attached hydrogens (primary N) is 1. The zero-order valence-corrected chi connectivity index (χ0v) is 23.6. The Morgan fingerprint density at radius 2 is 1.68 bits per heavy atom. The molecule has 0 bridgehead atoms. The van der Waals surface area contributed by atoms with Crippen molar-refractivity contribution in [3.63, 3.8) is 0 Å². The Balaban J connectivity index is 1.22. The van der Waals surface area contributed by atoms with Gasteiger partial charge in [-0.05, 0) is 68.1 Å². The van der Waals surface area contributed by atoms with Gasteiger partial charge in [0.05, 0.1) is 13.2 Å². The monoisotopic (exact) mass is 556 g/mol. The summed E-state index contributed by atoms with van der Waals surface area (Å²) in [6.07, 6.45) is 5.51. The number of amidine groups is 1. The molecule has 4 N–H and O–H groups in total. The number of nitrogens with one attached hydrogen (secondary N) is 1. The highest BCUT2D eigenvalue weighted by Gasteiger charge is 2.68. The molecule has 0 unspecified atom stereocenters. The number of nitrogen functional groups attached to an aromatic ring is 1. The van der Waals surface area contributed by atoms with Crippen molar-refractivity contribution in [3.8, 4) is 5.88 Å². The first-order chi connectivity index (χ1) is 18.8. The number of ether oxygens (including phenoxy) is 1. The molecular formula is C28H40N6O6. The lowest BCUT2D eigenvalue weighted by Crippen LogP contribution is -2.65. The van der Waals surface area contributed by atoms with Gasteiger partial charge in [-0.1, -0.05) is 13.8 Å². The number of rotatable bonds is 6. The normalized spacial score (nSPS) is 25.8. The standard InChI is InChI=1S/C28H40N6O6/c1-26(2)8-16(9-26)10-32-21(35)19(20(29)30)22(36)34(25(32)39)18-4-6-27(7-5-18)14-28(15-27)23(37)31(3)24(38)33(28)11-17-12-40-13-17/h16-18,35H,4-15H2,1-3H3,(H3,29,30). The molecule has 3 heterocycles. The van der Waals surface area contributed by atoms with Crippen LogP contribution >= 0.6 is 0 Å². The van der Waals surface area contributed by atoms with Gasteiger partial charge in [0.25, 0.3) is 11.5 Å². The zero-order chi connectivity index (χ0) is 28.8. The van der Waals surface area contributed by atoms with Gasteiger partial charge in [-0.2, -0.15) is 0 Å². The number of amides is 3. The number of hydrogen-bond acceptors (Lipinski definition) is 7. The fourth-order valence-electron chi connectivity index (χ4n) is 8.41. The summed E-state index contributed by atoms with van der Waals surface area (Å²) < 4.78 is 7.71. The lowest BCUT2D eigenvalue weighted by Gasteiger charge is -2.58. The summed E-state index contributed by atoms with van der Waals surface area (Å²) in [6, 6.07) is -0.639. The second-order valence-electron chi connectivity index (χ2n) is 13.9. The third kappa shape index (κ3) is 3.93. The topological polar surface area (TPSA) is 164 Å². The molecule has 6 rings (SSSR count). The Morgan fingerprint density at radius 3 is 2.20 bits per heavy atom. The van der Waals surface area contributed by atoms with E-state index < -0.39 is 34.5 Å². The van der Waals surface area contributed by atoms with Gasteiger partial charge in [0.1, 0.15) is 16.9 Å². The van der Waals surface area contributed by atoms with Crippen LogP contribution in [0.2, 0.25) is 0 Å². The first kappa shape index (κ1) is 27.0. The number of urea groups is 1. The van der Waals surface area contributed by atoms with Crippen LogP contribution in [0.4, 0.5) is 4.79 Å². The van der Waals surface area contributed by atoms with Gasteiger partial charge in [-0.25, -0.2) is 9.59 Å². The van der Waals surface area contributed by atoms with Crippen LogP contribution in [0.15, 0.2) is 9.59 Å². The van der Waals surface area contributed by atoms with Gasteiger partial charge < -0.3 is 20.5 Å². The highest BCUT2D eigenvalue weighted by atomic mass is 16.5. The maximum atomic E-state index is 13.6. The minimum Gasteiger partial charge on any atom is -0.494 e. The summed E-state index contributed by atoms with van der Waals surface area (Å²) in [5.41, 5.74) is 3.34. The molecule has 218 valence electrons. The van der Waals surface area contributed by atoms with E-state index in [0.29, 0.717) is 58.3 Å². The number of imide groups is 1. The number of carbonyl (C=O) groups is 2. The van der Waals surface area contributed by atoms with Crippen LogP contribution in [0, 0.1) is 28.1 Å². The summed E-state index contributed by atoms with van der Waals surface area (Å²) in [5.74, 6) is -0.782. The van der Waals surface area contributed by atoms with Crippen LogP contribution in [0.1, 0.15) is 76.8 Å². The fourth-order valence-corrected chi connectivity index (χ4v) is 8.41. The summed E-state index contributed by atoms with van der Waals surface area (Å²) in [4.78, 5) is 56.2. The van der Waals surface area contributed by atoms with Crippen LogP contribution in [0.3, 0.4) is 0 Å². The van der Waals surface area contributed by atoms with Crippen molar-refractivity contribution in [2.75, 3.05) is 26.8 Å². The molecule has 2 spiro atoms. The quantitative estimate of drug-likeness (QED) is 0.272. The third-order valence-corrected chi connectivity index (χ3v) is 10.3. The molecule has 3 aliphatic carbocycles. The molecular weight excluding hydrogens is 516 g/mol. The highest BCUT2D eigenvalue weighted by Crippen LogP contribution is 2.62. The molecule has 1 aromatic rings. The molecule has 3 saturated carbocycles. The largest absolute Gasteiger partial charge is 0.494 e. The lowest BCUT2D eigenvalue weighted by molar-refractivity contribution is -0.152. The Morgan fingerprint density at radius 1 is 1.05 bits per heavy atom. The van der Waals surface area contributed by atoms with Gasteiger partial charge in [0.2, 0.25) is 5.88 Å². The predicted molar refractivity (Wildman–Crippen MR) is 145 cm³/mol. The van der Waals surface area contributed by atoms with E-state index in [1.54, 1.807) is 11.9 Å². The number of nitrogens with zero attached hydrogens (tertiary/aromatic N) is 4. The van der Waals surface area contributed by atoms with Gasteiger partial charge >= 0.3 is 11.7 Å². The van der Waals surface area contributed by atoms with E-state index in [0.717, 1.165) is 12.8 Å². The number of aromatic hydroxyl groups is 1. The van der Waals surface area contributed by atoms with Gasteiger partial charge in [-0.3, -0.25) is 29.0 Å². The van der Waals surface area contributed by atoms with Crippen LogP contribution in [0.25, 0.3) is 0 Å². The van der Waals surface area contributed by atoms with Crippen molar-refractivity contribution in [1.29, 1.82) is 5.41 Å². The summed E-state index contributed by atoms with van der Waals surface area (Å²) in [7, 11) is 1.55. The zero-order valence-electron chi connectivity index (χ0n) is 23.6. The summed E-state index contributed by atoms with van der Waals surface area (Å²) in [5, 5.41) is 18.8. The predicted octanol–water partition coefficient (Wildman–Crippen LogP) is 1.61. The molecule has 0 radical (unpaired) electrons. The first-order valence-corrected chi connectivity index (χ1v) is 14.4. The highest BCUT2D eigenvalue weighted by molar-refractivity contribution is 6.07. The Labute approximate surface area is 232 Å². The average Bonchev–Trinajstić information content (AvgIpc) is 2.99. The van der Waals surface area contributed by atoms with Crippen molar-refractivity contribution in [2.24, 2.45) is 28.4 Å². The van der Waals surface area contributed by atoms with E-state index in [9.17, 15) is 24.3 Å². The third-order valence-electron chi connectivity index (χ3n) is 10.3. The summed E-state index contributed by atoms with van der Waals surface area (Å²) >= 11 is 0. The van der Waals surface area contributed by atoms with Crippen molar-refractivity contribution in [3.05, 3.63) is 26.4 Å². The summed E-state index contributed by atoms with van der Waals surface area (Å²) in [6.45, 7) is 6.31. The average molecular weight is 557 g/mol. The van der Waals surface area contributed by atoms with Crippen LogP contribution in [0.5, 0.6) is 5.88 Å². The molecule has 12 nitrogen and oxygen atoms in total. The minimum atomic E-state index is -0.811. The molecule has 40 heavy (non-hydrogen) atoms. The minimum absolute atomic E-state index is 0.132. The van der Waals surface area contributed by atoms with Gasteiger partial charge in [0, 0.05) is 32.1 Å². The number of likely N-dealkylation sites (N-methyl/N-ethyl adjacent to an activating group) is 1. The number of aromatic nitrogens is 2. The maximum Gasteiger partial charge on any atom is 0.334 e. The van der Waals surface area contributed by atoms with Crippen molar-refractivity contribution in [2.45, 2.75) is 83.3 Å². The molecule has 2 saturated heterocycles. The molecule has 3 amide bonds. The van der Waals surface area contributed by atoms with Crippen molar-refractivity contribution in [1.82, 2.24) is 18.9 Å². The van der Waals surface area contributed by atoms with Crippen LogP contribution in [-0.2, 0) is 16.1 Å². The Hall–Kier alpha value is -3.15. The Bertz CT molecular complexity index is 1380. The molecule has 1 aromatic heterocycles. The maximum absolute atomic E-state index is 13.6. The first-order valence-electron chi connectivity index (χ1n) is 14.4. The van der Waals surface area contributed by atoms with Crippen molar-refractivity contribution < 1.29 is 19.4 Å². The van der Waals surface area contributed by atoms with E-state index in [2.05, 4.69) is 13.8 Å². The molecule has 0 aromatic carbocycles. The van der Waals surface area contributed by atoms with Crippen molar-refractivity contribution >= 4 is 17.8 Å². The molecule has 5 aliphatic rings. The van der Waals surface area contributed by atoms with Gasteiger partial charge in [0.15, 0.2) is 0 Å². The van der Waals surface area contributed by atoms with Gasteiger partial charge in [-0.15, -0.1) is 0 Å².